The minimum atomic E-state index is -0.316. The van der Waals surface area contributed by atoms with E-state index >= 15 is 0 Å². The number of halogens is 1. The number of aliphatic hydroxyl groups excluding tert-OH is 1. The number of aromatic nitrogens is 3. The van der Waals surface area contributed by atoms with E-state index in [0.717, 1.165) is 26.2 Å². The van der Waals surface area contributed by atoms with E-state index in [1.165, 1.54) is 18.5 Å². The van der Waals surface area contributed by atoms with Crippen LogP contribution in [0.4, 0.5) is 4.39 Å². The minimum Gasteiger partial charge on any atom is -0.438 e. The molecule has 5 nitrogen and oxygen atoms in total. The average molecular weight is 431 g/mol. The van der Waals surface area contributed by atoms with Crippen LogP contribution in [0.5, 0.6) is 0 Å². The fourth-order valence-electron chi connectivity index (χ4n) is 3.45. The fourth-order valence-corrected chi connectivity index (χ4v) is 4.45. The molecular formula is C24H18FN3O2S. The molecule has 0 fully saturated rings. The van der Waals surface area contributed by atoms with Crippen LogP contribution in [0.25, 0.3) is 43.4 Å². The molecule has 0 atom stereocenters. The van der Waals surface area contributed by atoms with Crippen molar-refractivity contribution in [2.75, 3.05) is 6.61 Å². The summed E-state index contributed by atoms with van der Waals surface area (Å²) >= 11 is 1.59. The van der Waals surface area contributed by atoms with E-state index in [0.29, 0.717) is 35.9 Å². The molecule has 0 unspecified atom stereocenters. The van der Waals surface area contributed by atoms with Gasteiger partial charge in [-0.2, -0.15) is 0 Å². The van der Waals surface area contributed by atoms with Crippen molar-refractivity contribution in [3.05, 3.63) is 78.7 Å². The zero-order chi connectivity index (χ0) is 21.2. The van der Waals surface area contributed by atoms with Crippen LogP contribution in [0.1, 0.15) is 12.3 Å². The maximum absolute atomic E-state index is 13.5. The Morgan fingerprint density at radius 1 is 0.935 bits per heavy atom. The summed E-state index contributed by atoms with van der Waals surface area (Å²) in [4.78, 5) is 15.5. The number of thiophene rings is 1. The fraction of sp³-hybridized carbons (Fsp3) is 0.125. The lowest BCUT2D eigenvalue weighted by Gasteiger charge is -2.02. The highest BCUT2D eigenvalue weighted by Gasteiger charge is 2.21. The predicted octanol–water partition coefficient (Wildman–Crippen LogP) is 5.74. The molecule has 0 saturated heterocycles. The summed E-state index contributed by atoms with van der Waals surface area (Å²) in [6, 6.07) is 18.3. The summed E-state index contributed by atoms with van der Waals surface area (Å²) in [5.41, 5.74) is 3.09. The number of aryl methyl sites for hydroxylation is 1. The molecule has 0 saturated carbocycles. The molecule has 3 aromatic heterocycles. The van der Waals surface area contributed by atoms with Gasteiger partial charge in [-0.1, -0.05) is 30.3 Å². The third-order valence-corrected chi connectivity index (χ3v) is 6.03. The number of hydrogen-bond donors (Lipinski definition) is 1. The van der Waals surface area contributed by atoms with Gasteiger partial charge in [0.15, 0.2) is 11.7 Å². The zero-order valence-corrected chi connectivity index (χ0v) is 17.3. The van der Waals surface area contributed by atoms with Crippen LogP contribution in [0, 0.1) is 5.82 Å². The Hall–Kier alpha value is -3.42. The standard InChI is InChI=1S/C24H18FN3O2S/c25-17-10-8-16(9-11-17)21-23(30-20(28-21)7-4-12-29)22-18-13-19(15-5-2-1-3-6-15)31-24(18)27-14-26-22/h1-3,5-6,8-11,13-14,29H,4,7,12H2. The molecule has 0 aliphatic heterocycles. The van der Waals surface area contributed by atoms with Gasteiger partial charge in [-0.25, -0.2) is 19.3 Å². The lowest BCUT2D eigenvalue weighted by Crippen LogP contribution is -1.89. The van der Waals surface area contributed by atoms with Crippen molar-refractivity contribution in [3.8, 4) is 33.2 Å². The first-order chi connectivity index (χ1) is 15.2. The normalized spacial score (nSPS) is 11.3. The Balaban J connectivity index is 1.67. The lowest BCUT2D eigenvalue weighted by atomic mass is 10.1. The summed E-state index contributed by atoms with van der Waals surface area (Å²) in [5.74, 6) is 0.710. The van der Waals surface area contributed by atoms with Gasteiger partial charge in [0, 0.05) is 28.9 Å². The predicted molar refractivity (Wildman–Crippen MR) is 119 cm³/mol. The number of fused-ring (bicyclic) bond motifs is 1. The van der Waals surface area contributed by atoms with Crippen molar-refractivity contribution in [2.24, 2.45) is 0 Å². The molecule has 0 spiro atoms. The Morgan fingerprint density at radius 3 is 2.52 bits per heavy atom. The van der Waals surface area contributed by atoms with Crippen LogP contribution in [0.3, 0.4) is 0 Å². The molecule has 0 radical (unpaired) electrons. The topological polar surface area (TPSA) is 72.0 Å². The minimum absolute atomic E-state index is 0.0479. The van der Waals surface area contributed by atoms with Crippen LogP contribution in [0.15, 0.2) is 71.4 Å². The summed E-state index contributed by atoms with van der Waals surface area (Å²) in [5, 5.41) is 10.1. The molecule has 31 heavy (non-hydrogen) atoms. The monoisotopic (exact) mass is 431 g/mol. The molecular weight excluding hydrogens is 413 g/mol. The summed E-state index contributed by atoms with van der Waals surface area (Å²) in [7, 11) is 0. The number of rotatable bonds is 6. The van der Waals surface area contributed by atoms with Gasteiger partial charge in [-0.3, -0.25) is 0 Å². The van der Waals surface area contributed by atoms with E-state index in [2.05, 4.69) is 33.2 Å². The molecule has 154 valence electrons. The van der Waals surface area contributed by atoms with Gasteiger partial charge >= 0.3 is 0 Å². The SMILES string of the molecule is OCCCc1nc(-c2ccc(F)cc2)c(-c2ncnc3sc(-c4ccccc4)cc23)o1. The van der Waals surface area contributed by atoms with Crippen molar-refractivity contribution in [3.63, 3.8) is 0 Å². The summed E-state index contributed by atoms with van der Waals surface area (Å²) in [6.07, 6.45) is 2.56. The van der Waals surface area contributed by atoms with Crippen LogP contribution < -0.4 is 0 Å². The molecule has 5 rings (SSSR count). The Morgan fingerprint density at radius 2 is 1.74 bits per heavy atom. The van der Waals surface area contributed by atoms with Crippen molar-refractivity contribution in [1.82, 2.24) is 15.0 Å². The van der Waals surface area contributed by atoms with E-state index in [4.69, 9.17) is 4.42 Å². The Kier molecular flexibility index (Phi) is 5.28. The van der Waals surface area contributed by atoms with Gasteiger partial charge in [0.05, 0.1) is 0 Å². The number of benzene rings is 2. The second-order valence-corrected chi connectivity index (χ2v) is 8.07. The number of hydrogen-bond acceptors (Lipinski definition) is 6. The van der Waals surface area contributed by atoms with Gasteiger partial charge in [0.25, 0.3) is 0 Å². The van der Waals surface area contributed by atoms with E-state index in [-0.39, 0.29) is 12.4 Å². The molecule has 5 aromatic rings. The molecule has 0 amide bonds. The average Bonchev–Trinajstić information content (AvgIpc) is 3.43. The number of nitrogens with zero attached hydrogens (tertiary/aromatic N) is 3. The van der Waals surface area contributed by atoms with Crippen LogP contribution in [0.2, 0.25) is 0 Å². The van der Waals surface area contributed by atoms with Crippen molar-refractivity contribution >= 4 is 21.6 Å². The zero-order valence-electron chi connectivity index (χ0n) is 16.5. The number of oxazole rings is 1. The van der Waals surface area contributed by atoms with Crippen LogP contribution in [-0.4, -0.2) is 26.7 Å². The second kappa shape index (κ2) is 8.37. The van der Waals surface area contributed by atoms with Crippen LogP contribution >= 0.6 is 11.3 Å². The molecule has 3 heterocycles. The van der Waals surface area contributed by atoms with Gasteiger partial charge < -0.3 is 9.52 Å². The lowest BCUT2D eigenvalue weighted by molar-refractivity contribution is 0.283. The third-order valence-electron chi connectivity index (χ3n) is 4.94. The maximum Gasteiger partial charge on any atom is 0.195 e. The van der Waals surface area contributed by atoms with Gasteiger partial charge in [0.1, 0.15) is 28.4 Å². The van der Waals surface area contributed by atoms with Gasteiger partial charge in [-0.15, -0.1) is 11.3 Å². The van der Waals surface area contributed by atoms with Gasteiger partial charge in [0.2, 0.25) is 0 Å². The first-order valence-electron chi connectivity index (χ1n) is 9.90. The van der Waals surface area contributed by atoms with Crippen LogP contribution in [-0.2, 0) is 6.42 Å². The molecule has 1 N–H and O–H groups in total. The Labute approximate surface area is 181 Å². The first-order valence-corrected chi connectivity index (χ1v) is 10.7. The quantitative estimate of drug-likeness (QED) is 0.371. The molecule has 0 bridgehead atoms. The smallest absolute Gasteiger partial charge is 0.195 e. The highest BCUT2D eigenvalue weighted by molar-refractivity contribution is 7.21. The summed E-state index contributed by atoms with van der Waals surface area (Å²) < 4.78 is 19.6. The van der Waals surface area contributed by atoms with Gasteiger partial charge in [-0.05, 0) is 42.3 Å². The Bertz CT molecular complexity index is 1330. The molecule has 0 aliphatic rings. The molecule has 0 aliphatic carbocycles. The first kappa shape index (κ1) is 19.5. The maximum atomic E-state index is 13.5. The van der Waals surface area contributed by atoms with Crippen molar-refractivity contribution in [1.29, 1.82) is 0 Å². The van der Waals surface area contributed by atoms with E-state index in [9.17, 15) is 9.50 Å². The van der Waals surface area contributed by atoms with E-state index in [1.807, 2.05) is 18.2 Å². The largest absolute Gasteiger partial charge is 0.438 e. The van der Waals surface area contributed by atoms with Crippen molar-refractivity contribution in [2.45, 2.75) is 12.8 Å². The third kappa shape index (κ3) is 3.85. The van der Waals surface area contributed by atoms with E-state index < -0.39 is 0 Å². The van der Waals surface area contributed by atoms with E-state index in [1.54, 1.807) is 23.5 Å². The highest BCUT2D eigenvalue weighted by Crippen LogP contribution is 2.40. The second-order valence-electron chi connectivity index (χ2n) is 7.04. The number of aliphatic hydroxyl groups is 1. The molecule has 7 heteroatoms. The van der Waals surface area contributed by atoms with Crippen molar-refractivity contribution < 1.29 is 13.9 Å². The highest BCUT2D eigenvalue weighted by atomic mass is 32.1. The molecule has 2 aromatic carbocycles. The summed E-state index contributed by atoms with van der Waals surface area (Å²) in [6.45, 7) is 0.0479.